The van der Waals surface area contributed by atoms with Gasteiger partial charge >= 0.3 is 5.97 Å². The minimum absolute atomic E-state index is 0.153. The molecule has 0 fully saturated rings. The van der Waals surface area contributed by atoms with Crippen LogP contribution in [0.2, 0.25) is 0 Å². The van der Waals surface area contributed by atoms with Gasteiger partial charge in [-0.15, -0.1) is 0 Å². The maximum Gasteiger partial charge on any atom is 0.328 e. The lowest BCUT2D eigenvalue weighted by Gasteiger charge is -2.19. The van der Waals surface area contributed by atoms with Gasteiger partial charge in [0.15, 0.2) is 0 Å². The molecule has 0 radical (unpaired) electrons. The lowest BCUT2D eigenvalue weighted by molar-refractivity contribution is -0.145. The topological polar surface area (TPSA) is 113 Å². The number of H-pyrrole nitrogens is 1. The quantitative estimate of drug-likeness (QED) is 0.331. The van der Waals surface area contributed by atoms with Gasteiger partial charge in [0, 0.05) is 24.7 Å². The van der Waals surface area contributed by atoms with Gasteiger partial charge in [-0.2, -0.15) is 0 Å². The van der Waals surface area contributed by atoms with Crippen molar-refractivity contribution in [1.82, 2.24) is 20.6 Å². The second-order valence-corrected chi connectivity index (χ2v) is 7.03. The number of ether oxygens (including phenoxy) is 1. The van der Waals surface area contributed by atoms with Crippen LogP contribution in [0.5, 0.6) is 0 Å². The number of esters is 1. The second kappa shape index (κ2) is 13.7. The smallest absolute Gasteiger partial charge is 0.328 e. The molecule has 0 saturated heterocycles. The van der Waals surface area contributed by atoms with Gasteiger partial charge < -0.3 is 20.4 Å². The molecule has 1 aromatic heterocycles. The summed E-state index contributed by atoms with van der Waals surface area (Å²) in [6, 6.07) is -1.58. The van der Waals surface area contributed by atoms with Crippen molar-refractivity contribution in [3.05, 3.63) is 18.2 Å². The molecule has 1 heterocycles. The molecule has 8 heteroatoms. The first-order valence-corrected chi connectivity index (χ1v) is 10.1. The largest absolute Gasteiger partial charge is 0.467 e. The first-order chi connectivity index (χ1) is 13.5. The Hall–Kier alpha value is -2.38. The molecule has 2 atom stereocenters. The monoisotopic (exact) mass is 394 g/mol. The van der Waals surface area contributed by atoms with Crippen LogP contribution in [-0.4, -0.2) is 46.9 Å². The van der Waals surface area contributed by atoms with Crippen molar-refractivity contribution in [1.29, 1.82) is 0 Å². The third kappa shape index (κ3) is 9.53. The van der Waals surface area contributed by atoms with E-state index in [-0.39, 0.29) is 12.3 Å². The summed E-state index contributed by atoms with van der Waals surface area (Å²) in [6.45, 7) is 3.79. The molecule has 2 amide bonds. The molecule has 0 bridgehead atoms. The van der Waals surface area contributed by atoms with Crippen molar-refractivity contribution in [2.45, 2.75) is 83.7 Å². The highest BCUT2D eigenvalue weighted by Gasteiger charge is 2.25. The van der Waals surface area contributed by atoms with E-state index in [9.17, 15) is 14.4 Å². The van der Waals surface area contributed by atoms with Crippen LogP contribution < -0.4 is 10.6 Å². The SMILES string of the molecule is CCCCCCCCCC(=O)N[C@@H](C)C(=O)N[C@@H](Cc1cnc[nH]1)C(=O)OC. The number of hydrogen-bond acceptors (Lipinski definition) is 5. The Morgan fingerprint density at radius 1 is 1.11 bits per heavy atom. The first-order valence-electron chi connectivity index (χ1n) is 10.1. The molecule has 0 aliphatic heterocycles. The van der Waals surface area contributed by atoms with Crippen molar-refractivity contribution in [2.24, 2.45) is 0 Å². The zero-order valence-corrected chi connectivity index (χ0v) is 17.3. The molecular weight excluding hydrogens is 360 g/mol. The summed E-state index contributed by atoms with van der Waals surface area (Å²) in [5.74, 6) is -1.13. The number of aromatic amines is 1. The molecule has 0 spiro atoms. The van der Waals surface area contributed by atoms with Crippen LogP contribution in [0.1, 0.15) is 70.9 Å². The molecule has 0 saturated carbocycles. The van der Waals surface area contributed by atoms with Crippen LogP contribution in [0.25, 0.3) is 0 Å². The van der Waals surface area contributed by atoms with E-state index in [4.69, 9.17) is 4.74 Å². The molecule has 1 rings (SSSR count). The Labute approximate surface area is 167 Å². The van der Waals surface area contributed by atoms with Gasteiger partial charge in [-0.1, -0.05) is 45.4 Å². The summed E-state index contributed by atoms with van der Waals surface area (Å²) in [5, 5.41) is 5.32. The van der Waals surface area contributed by atoms with Gasteiger partial charge in [-0.25, -0.2) is 9.78 Å². The summed E-state index contributed by atoms with van der Waals surface area (Å²) < 4.78 is 4.75. The number of nitrogens with one attached hydrogen (secondary N) is 3. The molecule has 1 aromatic rings. The summed E-state index contributed by atoms with van der Waals surface area (Å²) >= 11 is 0. The van der Waals surface area contributed by atoms with Gasteiger partial charge in [0.1, 0.15) is 12.1 Å². The Morgan fingerprint density at radius 2 is 1.79 bits per heavy atom. The normalized spacial score (nSPS) is 12.8. The number of hydrogen-bond donors (Lipinski definition) is 3. The second-order valence-electron chi connectivity index (χ2n) is 7.03. The molecule has 3 N–H and O–H groups in total. The summed E-state index contributed by atoms with van der Waals surface area (Å²) in [4.78, 5) is 43.1. The number of unbranched alkanes of at least 4 members (excludes halogenated alkanes) is 6. The average molecular weight is 395 g/mol. The van der Waals surface area contributed by atoms with Gasteiger partial charge in [-0.05, 0) is 13.3 Å². The van der Waals surface area contributed by atoms with E-state index >= 15 is 0 Å². The number of nitrogens with zero attached hydrogens (tertiary/aromatic N) is 1. The predicted molar refractivity (Wildman–Crippen MR) is 106 cm³/mol. The minimum Gasteiger partial charge on any atom is -0.467 e. The van der Waals surface area contributed by atoms with Gasteiger partial charge in [0.05, 0.1) is 13.4 Å². The highest BCUT2D eigenvalue weighted by molar-refractivity contribution is 5.90. The average Bonchev–Trinajstić information content (AvgIpc) is 3.19. The zero-order chi connectivity index (χ0) is 20.8. The highest BCUT2D eigenvalue weighted by Crippen LogP contribution is 2.08. The molecule has 0 unspecified atom stereocenters. The maximum atomic E-state index is 12.4. The Morgan fingerprint density at radius 3 is 2.39 bits per heavy atom. The van der Waals surface area contributed by atoms with E-state index in [0.717, 1.165) is 19.3 Å². The van der Waals surface area contributed by atoms with Crippen molar-refractivity contribution < 1.29 is 19.1 Å². The maximum absolute atomic E-state index is 12.4. The Kier molecular flexibility index (Phi) is 11.6. The zero-order valence-electron chi connectivity index (χ0n) is 17.3. The summed E-state index contributed by atoms with van der Waals surface area (Å²) in [7, 11) is 1.27. The van der Waals surface area contributed by atoms with E-state index in [1.807, 2.05) is 0 Å². The van der Waals surface area contributed by atoms with Crippen LogP contribution in [0.4, 0.5) is 0 Å². The lowest BCUT2D eigenvalue weighted by atomic mass is 10.1. The van der Waals surface area contributed by atoms with E-state index in [1.165, 1.54) is 39.1 Å². The molecule has 0 aliphatic carbocycles. The molecule has 158 valence electrons. The fourth-order valence-corrected chi connectivity index (χ4v) is 2.87. The molecule has 0 aromatic carbocycles. The fourth-order valence-electron chi connectivity index (χ4n) is 2.87. The van der Waals surface area contributed by atoms with Crippen LogP contribution >= 0.6 is 0 Å². The summed E-state index contributed by atoms with van der Waals surface area (Å²) in [5.41, 5.74) is 0.700. The molecule has 0 aliphatic rings. The molecular formula is C20H34N4O4. The Balaban J connectivity index is 2.34. The van der Waals surface area contributed by atoms with Crippen molar-refractivity contribution in [2.75, 3.05) is 7.11 Å². The van der Waals surface area contributed by atoms with E-state index in [0.29, 0.717) is 12.1 Å². The van der Waals surface area contributed by atoms with Crippen molar-refractivity contribution in [3.63, 3.8) is 0 Å². The third-order valence-corrected chi connectivity index (χ3v) is 4.56. The fraction of sp³-hybridized carbons (Fsp3) is 0.700. The predicted octanol–water partition coefficient (Wildman–Crippen LogP) is 2.26. The molecule has 28 heavy (non-hydrogen) atoms. The number of amides is 2. The van der Waals surface area contributed by atoms with Gasteiger partial charge in [0.25, 0.3) is 0 Å². The van der Waals surface area contributed by atoms with Crippen LogP contribution in [-0.2, 0) is 25.5 Å². The molecule has 8 nitrogen and oxygen atoms in total. The van der Waals surface area contributed by atoms with Crippen molar-refractivity contribution in [3.8, 4) is 0 Å². The number of aromatic nitrogens is 2. The standard InChI is InChI=1S/C20H34N4O4/c1-4-5-6-7-8-9-10-11-18(25)23-15(2)19(26)24-17(20(27)28-3)12-16-13-21-14-22-16/h13-15,17H,4-12H2,1-3H3,(H,21,22)(H,23,25)(H,24,26)/t15-,17-/m0/s1. The van der Waals surface area contributed by atoms with Gasteiger partial charge in [0.2, 0.25) is 11.8 Å². The first kappa shape index (κ1) is 23.7. The number of carbonyl (C=O) groups is 3. The van der Waals surface area contributed by atoms with E-state index in [2.05, 4.69) is 27.5 Å². The third-order valence-electron chi connectivity index (χ3n) is 4.56. The minimum atomic E-state index is -0.847. The highest BCUT2D eigenvalue weighted by atomic mass is 16.5. The lowest BCUT2D eigenvalue weighted by Crippen LogP contribution is -2.51. The number of rotatable bonds is 14. The Bertz CT molecular complexity index is 589. The van der Waals surface area contributed by atoms with E-state index in [1.54, 1.807) is 13.1 Å². The van der Waals surface area contributed by atoms with Crippen LogP contribution in [0.3, 0.4) is 0 Å². The number of carbonyl (C=O) groups excluding carboxylic acids is 3. The van der Waals surface area contributed by atoms with Gasteiger partial charge in [-0.3, -0.25) is 9.59 Å². The van der Waals surface area contributed by atoms with Crippen LogP contribution in [0.15, 0.2) is 12.5 Å². The van der Waals surface area contributed by atoms with Crippen molar-refractivity contribution >= 4 is 17.8 Å². The number of methoxy groups -OCH3 is 1. The van der Waals surface area contributed by atoms with Crippen LogP contribution in [0, 0.1) is 0 Å². The number of imidazole rings is 1. The van der Waals surface area contributed by atoms with E-state index < -0.39 is 24.0 Å². The summed E-state index contributed by atoms with van der Waals surface area (Å²) in [6.07, 6.45) is 11.6.